The summed E-state index contributed by atoms with van der Waals surface area (Å²) in [7, 11) is 0. The summed E-state index contributed by atoms with van der Waals surface area (Å²) in [4.78, 5) is 19.6. The van der Waals surface area contributed by atoms with Crippen LogP contribution in [0, 0.1) is 5.82 Å². The zero-order valence-corrected chi connectivity index (χ0v) is 16.3. The van der Waals surface area contributed by atoms with Gasteiger partial charge in [0.05, 0.1) is 5.75 Å². The molecule has 0 saturated heterocycles. The summed E-state index contributed by atoms with van der Waals surface area (Å²) in [6.45, 7) is 0.140. The Morgan fingerprint density at radius 1 is 1.22 bits per heavy atom. The average molecular weight is 446 g/mol. The van der Waals surface area contributed by atoms with E-state index in [-0.39, 0.29) is 24.0 Å². The number of aromatic amines is 1. The molecule has 136 valence electrons. The van der Waals surface area contributed by atoms with Gasteiger partial charge in [-0.25, -0.2) is 9.37 Å². The second-order valence-corrected chi connectivity index (χ2v) is 7.62. The molecule has 2 aromatic carbocycles. The van der Waals surface area contributed by atoms with Crippen molar-refractivity contribution in [1.82, 2.24) is 25.5 Å². The standard InChI is InChI=1S/C18H13BrFN5OS/c19-11-5-6-14-12(7-11)16-17(22-14)23-18(25-24-16)27-9-15(26)21-8-10-3-1-2-4-13(10)20/h1-7H,8-9H2,(H,21,26)(H,22,23,25). The van der Waals surface area contributed by atoms with Crippen LogP contribution in [0.25, 0.3) is 22.1 Å². The summed E-state index contributed by atoms with van der Waals surface area (Å²) in [5.74, 6) is -0.450. The fraction of sp³-hybridized carbons (Fsp3) is 0.111. The van der Waals surface area contributed by atoms with Crippen LogP contribution in [0.4, 0.5) is 4.39 Å². The molecule has 27 heavy (non-hydrogen) atoms. The lowest BCUT2D eigenvalue weighted by molar-refractivity contribution is -0.118. The lowest BCUT2D eigenvalue weighted by atomic mass is 10.2. The van der Waals surface area contributed by atoms with Gasteiger partial charge in [-0.05, 0) is 24.3 Å². The number of amides is 1. The third kappa shape index (κ3) is 3.93. The van der Waals surface area contributed by atoms with Gasteiger partial charge in [0, 0.05) is 27.5 Å². The SMILES string of the molecule is O=C(CSc1nnc2c(n1)[nH]c1ccc(Br)cc12)NCc1ccccc1F. The average Bonchev–Trinajstić information content (AvgIpc) is 3.02. The second-order valence-electron chi connectivity index (χ2n) is 5.76. The van der Waals surface area contributed by atoms with Gasteiger partial charge >= 0.3 is 0 Å². The number of nitrogens with one attached hydrogen (secondary N) is 2. The quantitative estimate of drug-likeness (QED) is 0.456. The minimum atomic E-state index is -0.339. The van der Waals surface area contributed by atoms with Crippen molar-refractivity contribution >= 4 is 55.7 Å². The van der Waals surface area contributed by atoms with Gasteiger partial charge in [0.15, 0.2) is 5.65 Å². The van der Waals surface area contributed by atoms with E-state index in [1.165, 1.54) is 17.8 Å². The first kappa shape index (κ1) is 17.9. The van der Waals surface area contributed by atoms with Crippen LogP contribution in [0.5, 0.6) is 0 Å². The Balaban J connectivity index is 1.42. The first-order chi connectivity index (χ1) is 13.1. The van der Waals surface area contributed by atoms with Gasteiger partial charge in [0.1, 0.15) is 11.3 Å². The molecule has 0 aliphatic heterocycles. The summed E-state index contributed by atoms with van der Waals surface area (Å²) in [5.41, 5.74) is 2.66. The number of hydrogen-bond acceptors (Lipinski definition) is 5. The summed E-state index contributed by atoms with van der Waals surface area (Å²) in [6.07, 6.45) is 0. The van der Waals surface area contributed by atoms with Crippen molar-refractivity contribution in [2.24, 2.45) is 0 Å². The summed E-state index contributed by atoms with van der Waals surface area (Å²) in [6, 6.07) is 12.2. The zero-order chi connectivity index (χ0) is 18.8. The normalized spacial score (nSPS) is 11.2. The van der Waals surface area contributed by atoms with Crippen molar-refractivity contribution in [3.8, 4) is 0 Å². The molecule has 0 fully saturated rings. The maximum atomic E-state index is 13.6. The molecule has 0 bridgehead atoms. The first-order valence-corrected chi connectivity index (χ1v) is 9.82. The maximum Gasteiger partial charge on any atom is 0.230 e. The van der Waals surface area contributed by atoms with Crippen LogP contribution in [0.2, 0.25) is 0 Å². The maximum absolute atomic E-state index is 13.6. The van der Waals surface area contributed by atoms with Crippen LogP contribution in [0.3, 0.4) is 0 Å². The van der Waals surface area contributed by atoms with Gasteiger partial charge in [0.2, 0.25) is 11.1 Å². The van der Waals surface area contributed by atoms with E-state index in [2.05, 4.69) is 41.4 Å². The third-order valence-corrected chi connectivity index (χ3v) is 5.25. The monoisotopic (exact) mass is 445 g/mol. The van der Waals surface area contributed by atoms with Crippen LogP contribution in [-0.4, -0.2) is 31.8 Å². The fourth-order valence-electron chi connectivity index (χ4n) is 2.61. The molecular weight excluding hydrogens is 433 g/mol. The van der Waals surface area contributed by atoms with Crippen LogP contribution < -0.4 is 5.32 Å². The molecule has 6 nitrogen and oxygen atoms in total. The highest BCUT2D eigenvalue weighted by Crippen LogP contribution is 2.26. The highest BCUT2D eigenvalue weighted by Gasteiger charge is 2.11. The molecule has 2 heterocycles. The predicted octanol–water partition coefficient (Wildman–Crippen LogP) is 3.82. The molecule has 9 heteroatoms. The van der Waals surface area contributed by atoms with Gasteiger partial charge in [0.25, 0.3) is 0 Å². The molecule has 4 rings (SSSR count). The van der Waals surface area contributed by atoms with E-state index in [0.717, 1.165) is 15.4 Å². The van der Waals surface area contributed by atoms with Crippen molar-refractivity contribution in [3.63, 3.8) is 0 Å². The number of rotatable bonds is 5. The number of carbonyl (C=O) groups excluding carboxylic acids is 1. The van der Waals surface area contributed by atoms with E-state index in [1.807, 2.05) is 18.2 Å². The number of benzene rings is 2. The largest absolute Gasteiger partial charge is 0.351 e. The van der Waals surface area contributed by atoms with Crippen LogP contribution in [-0.2, 0) is 11.3 Å². The minimum Gasteiger partial charge on any atom is -0.351 e. The molecule has 0 unspecified atom stereocenters. The lowest BCUT2D eigenvalue weighted by Crippen LogP contribution is -2.25. The number of halogens is 2. The second kappa shape index (κ2) is 7.61. The van der Waals surface area contributed by atoms with Crippen molar-refractivity contribution in [2.45, 2.75) is 11.7 Å². The minimum absolute atomic E-state index is 0.118. The lowest BCUT2D eigenvalue weighted by Gasteiger charge is -2.05. The molecule has 0 aliphatic carbocycles. The highest BCUT2D eigenvalue weighted by atomic mass is 79.9. The molecule has 1 amide bonds. The third-order valence-electron chi connectivity index (χ3n) is 3.92. The van der Waals surface area contributed by atoms with Crippen molar-refractivity contribution in [2.75, 3.05) is 5.75 Å². The van der Waals surface area contributed by atoms with E-state index in [4.69, 9.17) is 0 Å². The Kier molecular flexibility index (Phi) is 5.04. The van der Waals surface area contributed by atoms with Gasteiger partial charge in [-0.3, -0.25) is 4.79 Å². The molecule has 0 aliphatic rings. The Morgan fingerprint density at radius 2 is 2.07 bits per heavy atom. The molecule has 0 atom stereocenters. The number of fused-ring (bicyclic) bond motifs is 3. The molecule has 0 spiro atoms. The van der Waals surface area contributed by atoms with Gasteiger partial charge in [-0.15, -0.1) is 10.2 Å². The summed E-state index contributed by atoms with van der Waals surface area (Å²) in [5, 5.41) is 12.3. The molecule has 4 aromatic rings. The molecule has 2 aromatic heterocycles. The van der Waals surface area contributed by atoms with E-state index in [0.29, 0.717) is 21.9 Å². The topological polar surface area (TPSA) is 83.6 Å². The first-order valence-electron chi connectivity index (χ1n) is 8.05. The predicted molar refractivity (Wildman–Crippen MR) is 106 cm³/mol. The number of thioether (sulfide) groups is 1. The number of aromatic nitrogens is 4. The Morgan fingerprint density at radius 3 is 2.93 bits per heavy atom. The number of H-pyrrole nitrogens is 1. The van der Waals surface area contributed by atoms with E-state index < -0.39 is 0 Å². The van der Waals surface area contributed by atoms with Crippen molar-refractivity contribution in [3.05, 3.63) is 58.3 Å². The van der Waals surface area contributed by atoms with Gasteiger partial charge in [-0.2, -0.15) is 0 Å². The van der Waals surface area contributed by atoms with E-state index in [1.54, 1.807) is 18.2 Å². The van der Waals surface area contributed by atoms with Gasteiger partial charge in [-0.1, -0.05) is 45.9 Å². The smallest absolute Gasteiger partial charge is 0.230 e. The Labute approximate surface area is 166 Å². The number of nitrogens with zero attached hydrogens (tertiary/aromatic N) is 3. The van der Waals surface area contributed by atoms with Gasteiger partial charge < -0.3 is 10.3 Å². The van der Waals surface area contributed by atoms with E-state index in [9.17, 15) is 9.18 Å². The number of carbonyl (C=O) groups is 1. The van der Waals surface area contributed by atoms with Crippen LogP contribution >= 0.6 is 27.7 Å². The zero-order valence-electron chi connectivity index (χ0n) is 13.9. The number of hydrogen-bond donors (Lipinski definition) is 2. The summed E-state index contributed by atoms with van der Waals surface area (Å²) < 4.78 is 14.5. The van der Waals surface area contributed by atoms with Crippen LogP contribution in [0.15, 0.2) is 52.1 Å². The Hall–Kier alpha value is -2.52. The highest BCUT2D eigenvalue weighted by molar-refractivity contribution is 9.10. The van der Waals surface area contributed by atoms with Crippen molar-refractivity contribution < 1.29 is 9.18 Å². The fourth-order valence-corrected chi connectivity index (χ4v) is 3.58. The van der Waals surface area contributed by atoms with Crippen molar-refractivity contribution in [1.29, 1.82) is 0 Å². The molecular formula is C18H13BrFN5OS. The molecule has 0 radical (unpaired) electrons. The molecule has 2 N–H and O–H groups in total. The van der Waals surface area contributed by atoms with Crippen LogP contribution in [0.1, 0.15) is 5.56 Å². The molecule has 0 saturated carbocycles. The summed E-state index contributed by atoms with van der Waals surface area (Å²) >= 11 is 4.62. The Bertz CT molecular complexity index is 1150. The van der Waals surface area contributed by atoms with E-state index >= 15 is 0 Å².